The largest absolute Gasteiger partial charge is 0.349 e. The quantitative estimate of drug-likeness (QED) is 0.760. The highest BCUT2D eigenvalue weighted by molar-refractivity contribution is 7.84. The number of nitrogens with zero attached hydrogens (tertiary/aromatic N) is 2. The smallest absolute Gasteiger partial charge is 0.185 e. The van der Waals surface area contributed by atoms with Crippen molar-refractivity contribution in [3.05, 3.63) is 11.1 Å². The molecule has 110 valence electrons. The third kappa shape index (κ3) is 6.01. The second-order valence-corrected chi connectivity index (χ2v) is 7.28. The fourth-order valence-electron chi connectivity index (χ4n) is 1.74. The molecule has 0 aromatic carbocycles. The van der Waals surface area contributed by atoms with Gasteiger partial charge in [-0.2, -0.15) is 0 Å². The lowest BCUT2D eigenvalue weighted by atomic mass is 10.2. The van der Waals surface area contributed by atoms with Crippen LogP contribution in [0.25, 0.3) is 0 Å². The Balaban J connectivity index is 2.39. The van der Waals surface area contributed by atoms with Gasteiger partial charge in [-0.05, 0) is 27.2 Å². The Labute approximate surface area is 123 Å². The molecular weight excluding hydrogens is 278 g/mol. The molecule has 1 aromatic heterocycles. The van der Waals surface area contributed by atoms with Gasteiger partial charge in [-0.3, -0.25) is 4.21 Å². The Bertz CT molecular complexity index is 391. The van der Waals surface area contributed by atoms with Crippen LogP contribution in [0, 0.1) is 0 Å². The van der Waals surface area contributed by atoms with Crippen LogP contribution in [0.4, 0.5) is 5.13 Å². The lowest BCUT2D eigenvalue weighted by molar-refractivity contribution is 0.537. The van der Waals surface area contributed by atoms with E-state index in [1.807, 2.05) is 6.20 Å². The highest BCUT2D eigenvalue weighted by Crippen LogP contribution is 2.22. The van der Waals surface area contributed by atoms with Crippen LogP contribution < -0.4 is 10.2 Å². The average Bonchev–Trinajstić information content (AvgIpc) is 2.84. The summed E-state index contributed by atoms with van der Waals surface area (Å²) in [5.74, 6) is 0.765. The summed E-state index contributed by atoms with van der Waals surface area (Å²) in [6, 6.07) is 0.392. The van der Waals surface area contributed by atoms with Gasteiger partial charge in [0.15, 0.2) is 5.13 Å². The minimum absolute atomic E-state index is 0.392. The minimum atomic E-state index is -0.695. The predicted octanol–water partition coefficient (Wildman–Crippen LogP) is 2.24. The third-order valence-corrected chi connectivity index (χ3v) is 4.91. The highest BCUT2D eigenvalue weighted by Gasteiger charge is 2.09. The molecule has 0 saturated heterocycles. The van der Waals surface area contributed by atoms with E-state index < -0.39 is 10.8 Å². The predicted molar refractivity (Wildman–Crippen MR) is 85.5 cm³/mol. The van der Waals surface area contributed by atoms with E-state index in [-0.39, 0.29) is 0 Å². The number of hydrogen-bond donors (Lipinski definition) is 1. The Morgan fingerprint density at radius 1 is 1.47 bits per heavy atom. The molecule has 0 bridgehead atoms. The van der Waals surface area contributed by atoms with Crippen LogP contribution in [-0.4, -0.2) is 40.3 Å². The van der Waals surface area contributed by atoms with Crippen molar-refractivity contribution < 1.29 is 4.21 Å². The number of thiazole rings is 1. The molecule has 1 N–H and O–H groups in total. The lowest BCUT2D eigenvalue weighted by Gasteiger charge is -2.16. The molecule has 0 saturated carbocycles. The summed E-state index contributed by atoms with van der Waals surface area (Å²) in [4.78, 5) is 7.98. The monoisotopic (exact) mass is 303 g/mol. The molecular formula is C13H25N3OS2. The minimum Gasteiger partial charge on any atom is -0.349 e. The average molecular weight is 303 g/mol. The maximum atomic E-state index is 11.0. The Hall–Kier alpha value is -0.460. The summed E-state index contributed by atoms with van der Waals surface area (Å²) >= 11 is 1.75. The molecule has 19 heavy (non-hydrogen) atoms. The number of nitrogens with one attached hydrogen (secondary N) is 1. The van der Waals surface area contributed by atoms with Gasteiger partial charge >= 0.3 is 0 Å². The van der Waals surface area contributed by atoms with Gasteiger partial charge in [0.1, 0.15) is 0 Å². The first-order valence-electron chi connectivity index (χ1n) is 6.79. The van der Waals surface area contributed by atoms with E-state index in [1.165, 1.54) is 4.88 Å². The highest BCUT2D eigenvalue weighted by atomic mass is 32.2. The molecule has 6 heteroatoms. The standard InChI is InChI=1S/C13H25N3OS2/c1-5-16(6-2)13-15-10-12(18-13)9-14-11(3)7-8-19(4)17/h10-11,14H,5-9H2,1-4H3. The van der Waals surface area contributed by atoms with E-state index in [9.17, 15) is 4.21 Å². The fraction of sp³-hybridized carbons (Fsp3) is 0.769. The number of rotatable bonds is 9. The van der Waals surface area contributed by atoms with Gasteiger partial charge in [0.25, 0.3) is 0 Å². The molecule has 4 nitrogen and oxygen atoms in total. The topological polar surface area (TPSA) is 45.2 Å². The zero-order valence-electron chi connectivity index (χ0n) is 12.3. The van der Waals surface area contributed by atoms with Crippen LogP contribution in [0.2, 0.25) is 0 Å². The Kier molecular flexibility index (Phi) is 7.56. The van der Waals surface area contributed by atoms with E-state index in [0.29, 0.717) is 6.04 Å². The fourth-order valence-corrected chi connectivity index (χ4v) is 3.41. The van der Waals surface area contributed by atoms with Gasteiger partial charge in [0.2, 0.25) is 0 Å². The molecule has 0 aliphatic carbocycles. The van der Waals surface area contributed by atoms with Crippen molar-refractivity contribution in [2.45, 2.75) is 39.8 Å². The van der Waals surface area contributed by atoms with Gasteiger partial charge in [-0.25, -0.2) is 4.98 Å². The van der Waals surface area contributed by atoms with E-state index in [1.54, 1.807) is 17.6 Å². The summed E-state index contributed by atoms with van der Waals surface area (Å²) in [6.45, 7) is 9.27. The van der Waals surface area contributed by atoms with Crippen LogP contribution in [0.1, 0.15) is 32.1 Å². The van der Waals surface area contributed by atoms with Gasteiger partial charge in [0, 0.05) is 59.6 Å². The summed E-state index contributed by atoms with van der Waals surface area (Å²) in [5, 5.41) is 4.56. The molecule has 0 spiro atoms. The first kappa shape index (κ1) is 16.6. The molecule has 1 rings (SSSR count). The zero-order valence-corrected chi connectivity index (χ0v) is 13.9. The van der Waals surface area contributed by atoms with Crippen LogP contribution in [0.15, 0.2) is 6.20 Å². The van der Waals surface area contributed by atoms with Crippen molar-refractivity contribution in [2.24, 2.45) is 0 Å². The lowest BCUT2D eigenvalue weighted by Crippen LogP contribution is -2.26. The number of hydrogen-bond acceptors (Lipinski definition) is 5. The summed E-state index contributed by atoms with van der Waals surface area (Å²) in [5.41, 5.74) is 0. The van der Waals surface area contributed by atoms with Crippen molar-refractivity contribution >= 4 is 27.3 Å². The van der Waals surface area contributed by atoms with Crippen molar-refractivity contribution in [3.63, 3.8) is 0 Å². The first-order chi connectivity index (χ1) is 9.06. The molecule has 2 atom stereocenters. The van der Waals surface area contributed by atoms with Crippen LogP contribution in [0.3, 0.4) is 0 Å². The normalized spacial score (nSPS) is 14.3. The molecule has 0 aliphatic heterocycles. The molecule has 0 radical (unpaired) electrons. The van der Waals surface area contributed by atoms with Gasteiger partial charge < -0.3 is 10.2 Å². The SMILES string of the molecule is CCN(CC)c1ncc(CNC(C)CCS(C)=O)s1. The van der Waals surface area contributed by atoms with Gasteiger partial charge in [-0.1, -0.05) is 0 Å². The molecule has 2 unspecified atom stereocenters. The van der Waals surface area contributed by atoms with Crippen LogP contribution in [-0.2, 0) is 17.3 Å². The molecule has 0 aliphatic rings. The van der Waals surface area contributed by atoms with E-state index in [2.05, 4.69) is 36.0 Å². The molecule has 0 fully saturated rings. The Morgan fingerprint density at radius 3 is 2.74 bits per heavy atom. The van der Waals surface area contributed by atoms with Gasteiger partial charge in [0.05, 0.1) is 0 Å². The van der Waals surface area contributed by atoms with Gasteiger partial charge in [-0.15, -0.1) is 11.3 Å². The first-order valence-corrected chi connectivity index (χ1v) is 9.34. The third-order valence-electron chi connectivity index (χ3n) is 3.04. The van der Waals surface area contributed by atoms with E-state index >= 15 is 0 Å². The van der Waals surface area contributed by atoms with Crippen molar-refractivity contribution in [1.82, 2.24) is 10.3 Å². The molecule has 1 aromatic rings. The number of anilines is 1. The van der Waals surface area contributed by atoms with Crippen LogP contribution in [0.5, 0.6) is 0 Å². The van der Waals surface area contributed by atoms with Crippen LogP contribution >= 0.6 is 11.3 Å². The van der Waals surface area contributed by atoms with Crippen molar-refractivity contribution in [2.75, 3.05) is 30.0 Å². The second-order valence-electron chi connectivity index (χ2n) is 4.63. The van der Waals surface area contributed by atoms with E-state index in [0.717, 1.165) is 36.9 Å². The van der Waals surface area contributed by atoms with E-state index in [4.69, 9.17) is 0 Å². The Morgan fingerprint density at radius 2 is 2.16 bits per heavy atom. The summed E-state index contributed by atoms with van der Waals surface area (Å²) < 4.78 is 11.0. The maximum Gasteiger partial charge on any atom is 0.185 e. The van der Waals surface area contributed by atoms with Crippen molar-refractivity contribution in [3.8, 4) is 0 Å². The van der Waals surface area contributed by atoms with Crippen molar-refractivity contribution in [1.29, 1.82) is 0 Å². The summed E-state index contributed by atoms with van der Waals surface area (Å²) in [6.07, 6.45) is 4.66. The zero-order chi connectivity index (χ0) is 14.3. The second kappa shape index (κ2) is 8.66. The maximum absolute atomic E-state index is 11.0. The molecule has 1 heterocycles. The summed E-state index contributed by atoms with van der Waals surface area (Å²) in [7, 11) is -0.695. The molecule has 0 amide bonds. The number of aromatic nitrogens is 1.